The summed E-state index contributed by atoms with van der Waals surface area (Å²) in [4.78, 5) is 3.39. The summed E-state index contributed by atoms with van der Waals surface area (Å²) in [5.41, 5.74) is 1.02. The molecule has 0 unspecified atom stereocenters. The van der Waals surface area contributed by atoms with Crippen LogP contribution in [0.5, 0.6) is 0 Å². The molecule has 1 aromatic rings. The molecule has 0 fully saturated rings. The van der Waals surface area contributed by atoms with E-state index in [1.165, 1.54) is 18.3 Å². The molecule has 0 bridgehead atoms. The molecule has 0 aliphatic rings. The van der Waals surface area contributed by atoms with Gasteiger partial charge in [-0.1, -0.05) is 5.16 Å². The Labute approximate surface area is 63.2 Å². The van der Waals surface area contributed by atoms with Gasteiger partial charge < -0.3 is 5.21 Å². The first-order chi connectivity index (χ1) is 5.24. The molecule has 0 amide bonds. The number of pyridine rings is 1. The summed E-state index contributed by atoms with van der Waals surface area (Å²) in [6.07, 6.45) is 1.31. The fourth-order valence-corrected chi connectivity index (χ4v) is 0.648. The number of hydrogen-bond donors (Lipinski definition) is 1. The normalized spacial score (nSPS) is 11.6. The van der Waals surface area contributed by atoms with Crippen molar-refractivity contribution in [3.05, 3.63) is 29.8 Å². The van der Waals surface area contributed by atoms with Gasteiger partial charge in [0.2, 0.25) is 5.95 Å². The molecule has 0 aliphatic carbocycles. The second kappa shape index (κ2) is 3.09. The lowest BCUT2D eigenvalue weighted by molar-refractivity contribution is 0.319. The molecule has 1 N–H and O–H groups in total. The van der Waals surface area contributed by atoms with Crippen LogP contribution < -0.4 is 0 Å². The zero-order chi connectivity index (χ0) is 8.27. The summed E-state index contributed by atoms with van der Waals surface area (Å²) >= 11 is 0. The maximum absolute atomic E-state index is 12.2. The average molecular weight is 154 g/mol. The topological polar surface area (TPSA) is 45.5 Å². The number of halogens is 1. The van der Waals surface area contributed by atoms with Crippen LogP contribution in [0, 0.1) is 5.95 Å². The third-order valence-electron chi connectivity index (χ3n) is 1.30. The average Bonchev–Trinajstić information content (AvgIpc) is 2.05. The molecule has 0 spiro atoms. The van der Waals surface area contributed by atoms with Gasteiger partial charge in [0.05, 0.1) is 5.71 Å². The quantitative estimate of drug-likeness (QED) is 0.288. The van der Waals surface area contributed by atoms with Crippen LogP contribution in [0.3, 0.4) is 0 Å². The highest BCUT2D eigenvalue weighted by Crippen LogP contribution is 1.99. The van der Waals surface area contributed by atoms with Gasteiger partial charge in [0.15, 0.2) is 0 Å². The van der Waals surface area contributed by atoms with Crippen LogP contribution in [0.1, 0.15) is 12.5 Å². The predicted octanol–water partition coefficient (Wildman–Crippen LogP) is 1.42. The van der Waals surface area contributed by atoms with E-state index in [9.17, 15) is 4.39 Å². The van der Waals surface area contributed by atoms with Crippen molar-refractivity contribution in [1.82, 2.24) is 4.98 Å². The van der Waals surface area contributed by atoms with Crippen molar-refractivity contribution in [3.63, 3.8) is 0 Å². The van der Waals surface area contributed by atoms with E-state index < -0.39 is 5.95 Å². The Morgan fingerprint density at radius 3 is 2.82 bits per heavy atom. The third-order valence-corrected chi connectivity index (χ3v) is 1.30. The van der Waals surface area contributed by atoms with Gasteiger partial charge in [-0.15, -0.1) is 0 Å². The highest BCUT2D eigenvalue weighted by Gasteiger charge is 1.97. The minimum atomic E-state index is -0.542. The van der Waals surface area contributed by atoms with Gasteiger partial charge in [0.1, 0.15) is 0 Å². The number of aromatic nitrogens is 1. The summed E-state index contributed by atoms with van der Waals surface area (Å²) in [6, 6.07) is 2.71. The van der Waals surface area contributed by atoms with Crippen LogP contribution in [0.15, 0.2) is 23.5 Å². The predicted molar refractivity (Wildman–Crippen MR) is 38.2 cm³/mol. The van der Waals surface area contributed by atoms with Crippen molar-refractivity contribution in [2.24, 2.45) is 5.16 Å². The lowest BCUT2D eigenvalue weighted by Crippen LogP contribution is -1.95. The molecule has 0 atom stereocenters. The Morgan fingerprint density at radius 1 is 1.64 bits per heavy atom. The zero-order valence-corrected chi connectivity index (χ0v) is 5.95. The van der Waals surface area contributed by atoms with E-state index in [-0.39, 0.29) is 0 Å². The Bertz CT molecular complexity index is 268. The van der Waals surface area contributed by atoms with Gasteiger partial charge in [-0.05, 0) is 19.1 Å². The summed E-state index contributed by atoms with van der Waals surface area (Å²) in [5.74, 6) is -0.542. The lowest BCUT2D eigenvalue weighted by Gasteiger charge is -1.95. The van der Waals surface area contributed by atoms with Gasteiger partial charge in [-0.25, -0.2) is 4.98 Å². The minimum absolute atomic E-state index is 0.414. The van der Waals surface area contributed by atoms with Crippen LogP contribution in [0.4, 0.5) is 4.39 Å². The molecule has 3 nitrogen and oxygen atoms in total. The van der Waals surface area contributed by atoms with Crippen molar-refractivity contribution >= 4 is 5.71 Å². The van der Waals surface area contributed by atoms with Gasteiger partial charge >= 0.3 is 0 Å². The van der Waals surface area contributed by atoms with E-state index in [0.717, 1.165) is 0 Å². The monoisotopic (exact) mass is 154 g/mol. The minimum Gasteiger partial charge on any atom is -0.411 e. The number of oxime groups is 1. The zero-order valence-electron chi connectivity index (χ0n) is 5.95. The molecule has 0 aliphatic heterocycles. The van der Waals surface area contributed by atoms with E-state index in [0.29, 0.717) is 11.3 Å². The van der Waals surface area contributed by atoms with Gasteiger partial charge in [0.25, 0.3) is 0 Å². The van der Waals surface area contributed by atoms with Crippen LogP contribution in [0.2, 0.25) is 0 Å². The molecular formula is C7H7FN2O. The Kier molecular flexibility index (Phi) is 2.15. The van der Waals surface area contributed by atoms with Crippen molar-refractivity contribution in [2.45, 2.75) is 6.92 Å². The second-order valence-corrected chi connectivity index (χ2v) is 2.06. The van der Waals surface area contributed by atoms with Crippen LogP contribution >= 0.6 is 0 Å². The van der Waals surface area contributed by atoms with Crippen LogP contribution in [0.25, 0.3) is 0 Å². The first-order valence-electron chi connectivity index (χ1n) is 3.04. The molecular weight excluding hydrogens is 147 g/mol. The van der Waals surface area contributed by atoms with E-state index in [4.69, 9.17) is 5.21 Å². The maximum Gasteiger partial charge on any atom is 0.212 e. The summed E-state index contributed by atoms with van der Waals surface area (Å²) in [6.45, 7) is 1.61. The van der Waals surface area contributed by atoms with Crippen LogP contribution in [-0.2, 0) is 0 Å². The van der Waals surface area contributed by atoms with Crippen molar-refractivity contribution in [3.8, 4) is 0 Å². The van der Waals surface area contributed by atoms with Gasteiger partial charge in [-0.2, -0.15) is 4.39 Å². The number of hydrogen-bond acceptors (Lipinski definition) is 3. The van der Waals surface area contributed by atoms with Crippen LogP contribution in [-0.4, -0.2) is 15.9 Å². The highest BCUT2D eigenvalue weighted by atomic mass is 19.1. The van der Waals surface area contributed by atoms with E-state index >= 15 is 0 Å². The standard InChI is InChI=1S/C7H7FN2O/c1-5(10-11)6-2-3-7(8)9-4-6/h2-4,11H,1H3. The SMILES string of the molecule is CC(=NO)c1ccc(F)nc1. The molecule has 0 radical (unpaired) electrons. The fourth-order valence-electron chi connectivity index (χ4n) is 0.648. The molecule has 0 aromatic carbocycles. The smallest absolute Gasteiger partial charge is 0.212 e. The van der Waals surface area contributed by atoms with E-state index in [1.54, 1.807) is 6.92 Å². The van der Waals surface area contributed by atoms with E-state index in [1.807, 2.05) is 0 Å². The summed E-state index contributed by atoms with van der Waals surface area (Å²) < 4.78 is 12.2. The first kappa shape index (κ1) is 7.65. The Balaban J connectivity index is 2.99. The fraction of sp³-hybridized carbons (Fsp3) is 0.143. The molecule has 4 heteroatoms. The molecule has 0 saturated heterocycles. The highest BCUT2D eigenvalue weighted by molar-refractivity contribution is 5.97. The van der Waals surface area contributed by atoms with Gasteiger partial charge in [0, 0.05) is 11.8 Å². The van der Waals surface area contributed by atoms with Crippen molar-refractivity contribution < 1.29 is 9.60 Å². The molecule has 11 heavy (non-hydrogen) atoms. The molecule has 1 rings (SSSR count). The largest absolute Gasteiger partial charge is 0.411 e. The number of rotatable bonds is 1. The van der Waals surface area contributed by atoms with E-state index in [2.05, 4.69) is 10.1 Å². The third kappa shape index (κ3) is 1.73. The molecule has 0 saturated carbocycles. The second-order valence-electron chi connectivity index (χ2n) is 2.06. The van der Waals surface area contributed by atoms with Gasteiger partial charge in [-0.3, -0.25) is 0 Å². The summed E-state index contributed by atoms with van der Waals surface area (Å²) in [7, 11) is 0. The number of nitrogens with zero attached hydrogens (tertiary/aromatic N) is 2. The lowest BCUT2D eigenvalue weighted by atomic mass is 10.2. The molecule has 1 aromatic heterocycles. The summed E-state index contributed by atoms with van der Waals surface area (Å²) in [5, 5.41) is 11.3. The molecule has 58 valence electrons. The molecule has 1 heterocycles. The van der Waals surface area contributed by atoms with Crippen molar-refractivity contribution in [1.29, 1.82) is 0 Å². The Morgan fingerprint density at radius 2 is 2.36 bits per heavy atom. The van der Waals surface area contributed by atoms with Crippen molar-refractivity contribution in [2.75, 3.05) is 0 Å². The first-order valence-corrected chi connectivity index (χ1v) is 3.04. The maximum atomic E-state index is 12.2. The Hall–Kier alpha value is -1.45.